The third-order valence-corrected chi connectivity index (χ3v) is 6.77. The second-order valence-electron chi connectivity index (χ2n) is 7.67. The van der Waals surface area contributed by atoms with E-state index in [1.807, 2.05) is 24.3 Å². The molecular weight excluding hydrogens is 474 g/mol. The van der Waals surface area contributed by atoms with Crippen LogP contribution in [-0.2, 0) is 11.3 Å². The molecular formula is C25H20ClN3O4S. The fourth-order valence-corrected chi connectivity index (χ4v) is 4.80. The molecule has 172 valence electrons. The summed E-state index contributed by atoms with van der Waals surface area (Å²) in [5, 5.41) is 3.71. The zero-order valence-corrected chi connectivity index (χ0v) is 19.7. The Labute approximate surface area is 204 Å². The maximum absolute atomic E-state index is 13.4. The number of carbonyl (C=O) groups excluding carboxylic acids is 1. The van der Waals surface area contributed by atoms with Crippen LogP contribution >= 0.6 is 23.4 Å². The molecule has 1 aromatic heterocycles. The van der Waals surface area contributed by atoms with Gasteiger partial charge in [0.05, 0.1) is 26.9 Å². The van der Waals surface area contributed by atoms with Crippen molar-refractivity contribution in [2.45, 2.75) is 23.9 Å². The highest BCUT2D eigenvalue weighted by Gasteiger charge is 2.21. The van der Waals surface area contributed by atoms with Crippen molar-refractivity contribution in [3.05, 3.63) is 87.7 Å². The van der Waals surface area contributed by atoms with Crippen LogP contribution in [0.25, 0.3) is 16.6 Å². The minimum Gasteiger partial charge on any atom is -0.454 e. The Hall–Kier alpha value is -3.49. The van der Waals surface area contributed by atoms with Crippen LogP contribution in [0, 0.1) is 0 Å². The molecule has 1 aliphatic heterocycles. The number of carbonyl (C=O) groups is 1. The zero-order valence-electron chi connectivity index (χ0n) is 18.2. The summed E-state index contributed by atoms with van der Waals surface area (Å²) in [6, 6.07) is 19.8. The van der Waals surface area contributed by atoms with E-state index in [0.29, 0.717) is 44.8 Å². The summed E-state index contributed by atoms with van der Waals surface area (Å²) < 4.78 is 12.2. The van der Waals surface area contributed by atoms with Crippen LogP contribution in [0.1, 0.15) is 12.5 Å². The predicted molar refractivity (Wildman–Crippen MR) is 132 cm³/mol. The van der Waals surface area contributed by atoms with Crippen molar-refractivity contribution in [1.29, 1.82) is 0 Å². The normalized spacial score (nSPS) is 13.1. The Bertz CT molecular complexity index is 1460. The van der Waals surface area contributed by atoms with Gasteiger partial charge in [-0.3, -0.25) is 14.2 Å². The Morgan fingerprint density at radius 2 is 1.88 bits per heavy atom. The molecule has 1 atom stereocenters. The lowest BCUT2D eigenvalue weighted by Crippen LogP contribution is -2.31. The fourth-order valence-electron chi connectivity index (χ4n) is 3.63. The van der Waals surface area contributed by atoms with Crippen molar-refractivity contribution in [3.63, 3.8) is 0 Å². The summed E-state index contributed by atoms with van der Waals surface area (Å²) in [6.45, 7) is 2.31. The molecule has 7 nitrogen and oxygen atoms in total. The van der Waals surface area contributed by atoms with Crippen molar-refractivity contribution in [3.8, 4) is 17.2 Å². The minimum absolute atomic E-state index is 0.184. The first-order valence-corrected chi connectivity index (χ1v) is 11.9. The van der Waals surface area contributed by atoms with Gasteiger partial charge in [-0.15, -0.1) is 0 Å². The Morgan fingerprint density at radius 3 is 2.74 bits per heavy atom. The molecule has 0 spiro atoms. The van der Waals surface area contributed by atoms with E-state index in [0.717, 1.165) is 5.56 Å². The van der Waals surface area contributed by atoms with E-state index in [2.05, 4.69) is 5.32 Å². The summed E-state index contributed by atoms with van der Waals surface area (Å²) in [5.74, 6) is 1.17. The lowest BCUT2D eigenvalue weighted by atomic mass is 10.2. The summed E-state index contributed by atoms with van der Waals surface area (Å²) in [6.07, 6.45) is 0. The van der Waals surface area contributed by atoms with Crippen molar-refractivity contribution in [2.75, 3.05) is 6.79 Å². The van der Waals surface area contributed by atoms with Gasteiger partial charge in [0.15, 0.2) is 16.7 Å². The smallest absolute Gasteiger partial charge is 0.266 e. The Morgan fingerprint density at radius 1 is 1.12 bits per heavy atom. The lowest BCUT2D eigenvalue weighted by Gasteiger charge is -2.17. The molecule has 0 saturated carbocycles. The van der Waals surface area contributed by atoms with Crippen LogP contribution in [0.2, 0.25) is 5.02 Å². The molecule has 0 fully saturated rings. The van der Waals surface area contributed by atoms with Gasteiger partial charge < -0.3 is 14.8 Å². The standard InChI is InChI=1S/C25H20ClN3O4S/c1-15(23(30)27-13-16-10-11-21-22(12-16)33-14-32-21)34-25-28-19-8-4-2-6-17(19)24(31)29(25)20-9-5-3-7-18(20)26/h2-12,15H,13-14H2,1H3,(H,27,30)/t15-/m1/s1. The Balaban J connectivity index is 1.41. The van der Waals surface area contributed by atoms with Crippen molar-refractivity contribution in [2.24, 2.45) is 0 Å². The molecule has 4 aromatic rings. The van der Waals surface area contributed by atoms with Gasteiger partial charge in [0.25, 0.3) is 5.56 Å². The number of aromatic nitrogens is 2. The average molecular weight is 494 g/mol. The zero-order chi connectivity index (χ0) is 23.7. The molecule has 0 radical (unpaired) electrons. The molecule has 34 heavy (non-hydrogen) atoms. The number of nitrogens with one attached hydrogen (secondary N) is 1. The van der Waals surface area contributed by atoms with Gasteiger partial charge in [-0.05, 0) is 48.9 Å². The SMILES string of the molecule is C[C@@H](Sc1nc2ccccc2c(=O)n1-c1ccccc1Cl)C(=O)NCc1ccc2c(c1)OCO2. The van der Waals surface area contributed by atoms with Gasteiger partial charge in [-0.1, -0.05) is 53.7 Å². The number of hydrogen-bond acceptors (Lipinski definition) is 6. The van der Waals surface area contributed by atoms with Crippen molar-refractivity contribution in [1.82, 2.24) is 14.9 Å². The largest absolute Gasteiger partial charge is 0.454 e. The number of amides is 1. The van der Waals surface area contributed by atoms with E-state index < -0.39 is 5.25 Å². The number of para-hydroxylation sites is 2. The first-order valence-electron chi connectivity index (χ1n) is 10.6. The van der Waals surface area contributed by atoms with Crippen LogP contribution in [0.4, 0.5) is 0 Å². The average Bonchev–Trinajstić information content (AvgIpc) is 3.31. The van der Waals surface area contributed by atoms with Crippen LogP contribution in [0.3, 0.4) is 0 Å². The second-order valence-corrected chi connectivity index (χ2v) is 9.38. The maximum Gasteiger partial charge on any atom is 0.266 e. The number of rotatable bonds is 6. The summed E-state index contributed by atoms with van der Waals surface area (Å²) in [7, 11) is 0. The van der Waals surface area contributed by atoms with E-state index >= 15 is 0 Å². The number of fused-ring (bicyclic) bond motifs is 2. The molecule has 0 aliphatic carbocycles. The van der Waals surface area contributed by atoms with Gasteiger partial charge in [0.1, 0.15) is 0 Å². The summed E-state index contributed by atoms with van der Waals surface area (Å²) in [4.78, 5) is 31.0. The van der Waals surface area contributed by atoms with Gasteiger partial charge >= 0.3 is 0 Å². The first kappa shape index (κ1) is 22.3. The quantitative estimate of drug-likeness (QED) is 0.313. The maximum atomic E-state index is 13.4. The molecule has 2 heterocycles. The predicted octanol–water partition coefficient (Wildman–Crippen LogP) is 4.56. The van der Waals surface area contributed by atoms with Crippen LogP contribution < -0.4 is 20.3 Å². The van der Waals surface area contributed by atoms with E-state index in [4.69, 9.17) is 26.1 Å². The topological polar surface area (TPSA) is 82.5 Å². The number of hydrogen-bond donors (Lipinski definition) is 1. The number of nitrogens with zero attached hydrogens (tertiary/aromatic N) is 2. The summed E-state index contributed by atoms with van der Waals surface area (Å²) in [5.41, 5.74) is 1.73. The number of halogens is 1. The van der Waals surface area contributed by atoms with Gasteiger partial charge in [-0.2, -0.15) is 0 Å². The highest BCUT2D eigenvalue weighted by molar-refractivity contribution is 8.00. The number of thioether (sulfide) groups is 1. The van der Waals surface area contributed by atoms with E-state index in [1.54, 1.807) is 49.4 Å². The molecule has 0 unspecified atom stereocenters. The summed E-state index contributed by atoms with van der Waals surface area (Å²) >= 11 is 7.62. The molecule has 0 saturated heterocycles. The van der Waals surface area contributed by atoms with Crippen LogP contribution in [0.15, 0.2) is 76.7 Å². The second kappa shape index (κ2) is 9.40. The first-order chi connectivity index (χ1) is 16.5. The Kier molecular flexibility index (Phi) is 6.17. The van der Waals surface area contributed by atoms with Gasteiger partial charge in [-0.25, -0.2) is 4.98 Å². The van der Waals surface area contributed by atoms with Crippen molar-refractivity contribution >= 4 is 40.2 Å². The third-order valence-electron chi connectivity index (χ3n) is 5.39. The highest BCUT2D eigenvalue weighted by Crippen LogP contribution is 2.32. The molecule has 5 rings (SSSR count). The molecule has 1 amide bonds. The molecule has 9 heteroatoms. The monoisotopic (exact) mass is 493 g/mol. The fraction of sp³-hybridized carbons (Fsp3) is 0.160. The third kappa shape index (κ3) is 4.34. The van der Waals surface area contributed by atoms with Crippen LogP contribution in [0.5, 0.6) is 11.5 Å². The van der Waals surface area contributed by atoms with Crippen LogP contribution in [-0.4, -0.2) is 27.5 Å². The van der Waals surface area contributed by atoms with E-state index in [-0.39, 0.29) is 18.3 Å². The van der Waals surface area contributed by atoms with Crippen molar-refractivity contribution < 1.29 is 14.3 Å². The van der Waals surface area contributed by atoms with E-state index in [1.165, 1.54) is 16.3 Å². The van der Waals surface area contributed by atoms with Gasteiger partial charge in [0, 0.05) is 6.54 Å². The lowest BCUT2D eigenvalue weighted by molar-refractivity contribution is -0.120. The van der Waals surface area contributed by atoms with E-state index in [9.17, 15) is 9.59 Å². The number of ether oxygens (including phenoxy) is 2. The van der Waals surface area contributed by atoms with Gasteiger partial charge in [0.2, 0.25) is 12.7 Å². The molecule has 1 aliphatic rings. The molecule has 1 N–H and O–H groups in total. The molecule has 0 bridgehead atoms. The highest BCUT2D eigenvalue weighted by atomic mass is 35.5. The molecule has 3 aromatic carbocycles. The number of benzene rings is 3. The minimum atomic E-state index is -0.518.